The van der Waals surface area contributed by atoms with Crippen LogP contribution >= 0.6 is 23.1 Å². The highest BCUT2D eigenvalue weighted by Gasteiger charge is 2.53. The lowest BCUT2D eigenvalue weighted by atomic mass is 9.48. The standard InChI is InChI=1S/C16H24N2S2/c1-17-14(10-20-15-18-2-3-19-15)16-7-11-4-12(8-16)6-13(5-11)9-16/h2-3,11-14,17H,4-10H2,1H3. The van der Waals surface area contributed by atoms with E-state index < -0.39 is 0 Å². The maximum Gasteiger partial charge on any atom is 0.149 e. The van der Waals surface area contributed by atoms with Crippen LogP contribution in [-0.4, -0.2) is 23.8 Å². The number of hydrogen-bond donors (Lipinski definition) is 1. The van der Waals surface area contributed by atoms with Gasteiger partial charge in [0.2, 0.25) is 0 Å². The summed E-state index contributed by atoms with van der Waals surface area (Å²) in [6.07, 6.45) is 11.0. The first-order chi connectivity index (χ1) is 9.77. The molecule has 110 valence electrons. The summed E-state index contributed by atoms with van der Waals surface area (Å²) >= 11 is 3.73. The number of thioether (sulfide) groups is 1. The van der Waals surface area contributed by atoms with Gasteiger partial charge in [-0.3, -0.25) is 0 Å². The molecular formula is C16H24N2S2. The lowest BCUT2D eigenvalue weighted by molar-refractivity contribution is -0.0682. The van der Waals surface area contributed by atoms with Gasteiger partial charge < -0.3 is 5.32 Å². The molecule has 4 saturated carbocycles. The lowest BCUT2D eigenvalue weighted by Crippen LogP contribution is -2.56. The predicted octanol–water partition coefficient (Wildman–Crippen LogP) is 4.04. The summed E-state index contributed by atoms with van der Waals surface area (Å²) in [5, 5.41) is 5.76. The van der Waals surface area contributed by atoms with Crippen LogP contribution < -0.4 is 5.32 Å². The van der Waals surface area contributed by atoms with E-state index in [4.69, 9.17) is 0 Å². The first-order valence-electron chi connectivity index (χ1n) is 7.97. The molecule has 4 bridgehead atoms. The molecule has 0 saturated heterocycles. The normalized spacial score (nSPS) is 40.1. The fourth-order valence-corrected chi connectivity index (χ4v) is 7.57. The number of hydrogen-bond acceptors (Lipinski definition) is 4. The molecule has 0 radical (unpaired) electrons. The summed E-state index contributed by atoms with van der Waals surface area (Å²) in [7, 11) is 2.17. The third-order valence-corrected chi connectivity index (χ3v) is 8.02. The minimum absolute atomic E-state index is 0.605. The van der Waals surface area contributed by atoms with Gasteiger partial charge in [-0.1, -0.05) is 11.8 Å². The van der Waals surface area contributed by atoms with Crippen molar-refractivity contribution in [2.45, 2.75) is 48.9 Å². The Morgan fingerprint density at radius 3 is 2.45 bits per heavy atom. The summed E-state index contributed by atoms with van der Waals surface area (Å²) in [6, 6.07) is 0.671. The van der Waals surface area contributed by atoms with Crippen LogP contribution in [0.5, 0.6) is 0 Å². The quantitative estimate of drug-likeness (QED) is 0.831. The van der Waals surface area contributed by atoms with Gasteiger partial charge in [0.25, 0.3) is 0 Å². The Morgan fingerprint density at radius 1 is 1.30 bits per heavy atom. The zero-order valence-corrected chi connectivity index (χ0v) is 13.8. The molecule has 4 aliphatic rings. The Balaban J connectivity index is 1.49. The molecule has 0 spiro atoms. The molecule has 0 aromatic carbocycles. The van der Waals surface area contributed by atoms with E-state index in [2.05, 4.69) is 22.7 Å². The van der Waals surface area contributed by atoms with Gasteiger partial charge in [0.15, 0.2) is 0 Å². The van der Waals surface area contributed by atoms with Crippen molar-refractivity contribution in [1.82, 2.24) is 10.3 Å². The van der Waals surface area contributed by atoms with E-state index in [-0.39, 0.29) is 0 Å². The van der Waals surface area contributed by atoms with Crippen molar-refractivity contribution in [3.05, 3.63) is 11.6 Å². The highest BCUT2D eigenvalue weighted by atomic mass is 32.2. The molecular weight excluding hydrogens is 284 g/mol. The van der Waals surface area contributed by atoms with E-state index in [1.165, 1.54) is 48.6 Å². The average molecular weight is 309 g/mol. The largest absolute Gasteiger partial charge is 0.316 e. The maximum atomic E-state index is 4.42. The molecule has 0 aliphatic heterocycles. The number of aromatic nitrogens is 1. The van der Waals surface area contributed by atoms with Gasteiger partial charge >= 0.3 is 0 Å². The molecule has 1 unspecified atom stereocenters. The first-order valence-corrected chi connectivity index (χ1v) is 9.83. The molecule has 5 rings (SSSR count). The molecule has 4 heteroatoms. The number of nitrogens with one attached hydrogen (secondary N) is 1. The van der Waals surface area contributed by atoms with Gasteiger partial charge in [0, 0.05) is 23.4 Å². The third-order valence-electron chi connectivity index (χ3n) is 5.96. The predicted molar refractivity (Wildman–Crippen MR) is 86.3 cm³/mol. The van der Waals surface area contributed by atoms with E-state index in [0.717, 1.165) is 17.8 Å². The zero-order valence-electron chi connectivity index (χ0n) is 12.2. The lowest BCUT2D eigenvalue weighted by Gasteiger charge is -2.59. The van der Waals surface area contributed by atoms with E-state index in [1.54, 1.807) is 11.3 Å². The maximum absolute atomic E-state index is 4.42. The highest BCUT2D eigenvalue weighted by molar-refractivity contribution is 8.01. The molecule has 4 fully saturated rings. The minimum atomic E-state index is 0.605. The molecule has 1 N–H and O–H groups in total. The second-order valence-corrected chi connectivity index (χ2v) is 9.39. The molecule has 4 aliphatic carbocycles. The number of thiazole rings is 1. The van der Waals surface area contributed by atoms with Crippen LogP contribution in [0.1, 0.15) is 38.5 Å². The van der Waals surface area contributed by atoms with Crippen LogP contribution in [0.4, 0.5) is 0 Å². The van der Waals surface area contributed by atoms with Gasteiger partial charge in [0.05, 0.1) is 0 Å². The Morgan fingerprint density at radius 2 is 1.95 bits per heavy atom. The van der Waals surface area contributed by atoms with Crippen molar-refractivity contribution < 1.29 is 0 Å². The fraction of sp³-hybridized carbons (Fsp3) is 0.812. The van der Waals surface area contributed by atoms with Crippen molar-refractivity contribution in [1.29, 1.82) is 0 Å². The molecule has 2 nitrogen and oxygen atoms in total. The summed E-state index contributed by atoms with van der Waals surface area (Å²) in [6.45, 7) is 0. The summed E-state index contributed by atoms with van der Waals surface area (Å²) in [5.74, 6) is 4.32. The highest BCUT2D eigenvalue weighted by Crippen LogP contribution is 2.61. The average Bonchev–Trinajstić information content (AvgIpc) is 2.90. The zero-order chi connectivity index (χ0) is 13.6. The van der Waals surface area contributed by atoms with E-state index in [9.17, 15) is 0 Å². The van der Waals surface area contributed by atoms with Crippen LogP contribution in [0, 0.1) is 23.2 Å². The molecule has 0 amide bonds. The summed E-state index contributed by atoms with van der Waals surface area (Å²) < 4.78 is 1.23. The molecule has 1 aromatic heterocycles. The van der Waals surface area contributed by atoms with Crippen molar-refractivity contribution in [3.8, 4) is 0 Å². The SMILES string of the molecule is CNC(CSc1nccs1)C12CC3CC(CC(C3)C1)C2. The second-order valence-electron chi connectivity index (χ2n) is 7.23. The fourth-order valence-electron chi connectivity index (χ4n) is 5.61. The van der Waals surface area contributed by atoms with Gasteiger partial charge in [-0.15, -0.1) is 11.3 Å². The molecule has 1 heterocycles. The molecule has 20 heavy (non-hydrogen) atoms. The smallest absolute Gasteiger partial charge is 0.149 e. The van der Waals surface area contributed by atoms with Gasteiger partial charge in [-0.25, -0.2) is 4.98 Å². The van der Waals surface area contributed by atoms with E-state index >= 15 is 0 Å². The minimum Gasteiger partial charge on any atom is -0.316 e. The van der Waals surface area contributed by atoms with Crippen LogP contribution in [-0.2, 0) is 0 Å². The number of nitrogens with zero attached hydrogens (tertiary/aromatic N) is 1. The molecule has 1 aromatic rings. The Bertz CT molecular complexity index is 422. The van der Waals surface area contributed by atoms with Crippen LogP contribution in [0.15, 0.2) is 15.9 Å². The Labute approximate surface area is 130 Å². The second kappa shape index (κ2) is 5.29. The van der Waals surface area contributed by atoms with Gasteiger partial charge in [0.1, 0.15) is 4.34 Å². The first kappa shape index (κ1) is 13.6. The van der Waals surface area contributed by atoms with Crippen molar-refractivity contribution in [2.75, 3.05) is 12.8 Å². The summed E-state index contributed by atoms with van der Waals surface area (Å²) in [5.41, 5.74) is 0.605. The van der Waals surface area contributed by atoms with E-state index in [1.807, 2.05) is 18.0 Å². The Kier molecular flexibility index (Phi) is 3.60. The molecule has 1 atom stereocenters. The van der Waals surface area contributed by atoms with Crippen LogP contribution in [0.3, 0.4) is 0 Å². The van der Waals surface area contributed by atoms with Gasteiger partial charge in [-0.2, -0.15) is 0 Å². The Hall–Kier alpha value is -0.0600. The monoisotopic (exact) mass is 308 g/mol. The van der Waals surface area contributed by atoms with Crippen molar-refractivity contribution >= 4 is 23.1 Å². The van der Waals surface area contributed by atoms with Gasteiger partial charge in [-0.05, 0) is 68.7 Å². The third kappa shape index (κ3) is 2.34. The number of rotatable bonds is 5. The summed E-state index contributed by atoms with van der Waals surface area (Å²) in [4.78, 5) is 4.42. The van der Waals surface area contributed by atoms with Crippen LogP contribution in [0.25, 0.3) is 0 Å². The van der Waals surface area contributed by atoms with Crippen LogP contribution in [0.2, 0.25) is 0 Å². The van der Waals surface area contributed by atoms with Crippen molar-refractivity contribution in [3.63, 3.8) is 0 Å². The van der Waals surface area contributed by atoms with E-state index in [0.29, 0.717) is 11.5 Å². The van der Waals surface area contributed by atoms with Crippen molar-refractivity contribution in [2.24, 2.45) is 23.2 Å². The topological polar surface area (TPSA) is 24.9 Å².